The Bertz CT molecular complexity index is 630. The summed E-state index contributed by atoms with van der Waals surface area (Å²) in [6, 6.07) is 5.43. The highest BCUT2D eigenvalue weighted by Gasteiger charge is 2.06. The van der Waals surface area contributed by atoms with Crippen molar-refractivity contribution in [1.82, 2.24) is 9.88 Å². The van der Waals surface area contributed by atoms with Gasteiger partial charge in [-0.1, -0.05) is 6.07 Å². The Morgan fingerprint density at radius 3 is 3.00 bits per heavy atom. The van der Waals surface area contributed by atoms with Crippen LogP contribution in [0.3, 0.4) is 0 Å². The minimum atomic E-state index is -0.388. The second-order valence-electron chi connectivity index (χ2n) is 3.98. The molecule has 1 aromatic heterocycles. The second-order valence-corrected chi connectivity index (χ2v) is 4.43. The number of benzene rings is 1. The van der Waals surface area contributed by atoms with E-state index in [0.717, 1.165) is 11.1 Å². The number of hydrogen-bond donors (Lipinski definition) is 2. The third-order valence-electron chi connectivity index (χ3n) is 2.69. The first-order valence-corrected chi connectivity index (χ1v) is 6.21. The second kappa shape index (κ2) is 5.30. The van der Waals surface area contributed by atoms with E-state index in [-0.39, 0.29) is 11.7 Å². The average molecular weight is 266 g/mol. The number of oxazole rings is 1. The number of rotatable bonds is 4. The van der Waals surface area contributed by atoms with Crippen LogP contribution in [0.5, 0.6) is 0 Å². The van der Waals surface area contributed by atoms with Gasteiger partial charge < -0.3 is 9.73 Å². The Balaban J connectivity index is 2.15. The van der Waals surface area contributed by atoms with Crippen LogP contribution >= 0.6 is 12.6 Å². The molecule has 1 amide bonds. The van der Waals surface area contributed by atoms with Crippen molar-refractivity contribution in [2.24, 2.45) is 7.05 Å². The summed E-state index contributed by atoms with van der Waals surface area (Å²) in [4.78, 5) is 22.6. The number of carbonyl (C=O) groups excluding carboxylic acids is 1. The van der Waals surface area contributed by atoms with Crippen molar-refractivity contribution in [3.8, 4) is 0 Å². The lowest BCUT2D eigenvalue weighted by Gasteiger charge is -2.04. The maximum absolute atomic E-state index is 11.3. The summed E-state index contributed by atoms with van der Waals surface area (Å²) in [6.45, 7) is 0.418. The van der Waals surface area contributed by atoms with Gasteiger partial charge in [0.15, 0.2) is 5.58 Å². The summed E-state index contributed by atoms with van der Waals surface area (Å²) in [5.74, 6) is 0.0965. The van der Waals surface area contributed by atoms with Gasteiger partial charge in [-0.05, 0) is 23.4 Å². The molecule has 0 saturated carbocycles. The van der Waals surface area contributed by atoms with Crippen molar-refractivity contribution in [2.75, 3.05) is 5.75 Å². The predicted molar refractivity (Wildman–Crippen MR) is 71.8 cm³/mol. The molecule has 2 rings (SSSR count). The van der Waals surface area contributed by atoms with E-state index in [1.54, 1.807) is 19.2 Å². The van der Waals surface area contributed by atoms with Crippen molar-refractivity contribution < 1.29 is 9.21 Å². The number of aryl methyl sites for hydroxylation is 1. The quantitative estimate of drug-likeness (QED) is 0.814. The Hall–Kier alpha value is -1.69. The molecule has 5 nitrogen and oxygen atoms in total. The van der Waals surface area contributed by atoms with Gasteiger partial charge in [0, 0.05) is 20.0 Å². The van der Waals surface area contributed by atoms with E-state index in [9.17, 15) is 9.59 Å². The van der Waals surface area contributed by atoms with Crippen LogP contribution in [0.2, 0.25) is 0 Å². The molecule has 1 aromatic carbocycles. The van der Waals surface area contributed by atoms with Gasteiger partial charge in [0.25, 0.3) is 0 Å². The summed E-state index contributed by atoms with van der Waals surface area (Å²) >= 11 is 3.99. The van der Waals surface area contributed by atoms with Gasteiger partial charge in [-0.15, -0.1) is 0 Å². The first-order chi connectivity index (χ1) is 8.61. The third kappa shape index (κ3) is 2.59. The molecule has 0 atom stereocenters. The maximum atomic E-state index is 11.3. The van der Waals surface area contributed by atoms with E-state index in [0.29, 0.717) is 24.3 Å². The van der Waals surface area contributed by atoms with E-state index in [4.69, 9.17) is 4.42 Å². The smallest absolute Gasteiger partial charge is 0.408 e. The van der Waals surface area contributed by atoms with Crippen LogP contribution in [-0.2, 0) is 18.4 Å². The number of carbonyl (C=O) groups is 1. The number of hydrogen-bond acceptors (Lipinski definition) is 4. The Kier molecular flexibility index (Phi) is 3.76. The first-order valence-electron chi connectivity index (χ1n) is 5.58. The van der Waals surface area contributed by atoms with Crippen molar-refractivity contribution in [2.45, 2.75) is 13.0 Å². The fourth-order valence-electron chi connectivity index (χ4n) is 1.68. The van der Waals surface area contributed by atoms with Gasteiger partial charge in [0.2, 0.25) is 5.91 Å². The Morgan fingerprint density at radius 2 is 2.28 bits per heavy atom. The average Bonchev–Trinajstić information content (AvgIpc) is 2.63. The van der Waals surface area contributed by atoms with Crippen LogP contribution < -0.4 is 11.1 Å². The highest BCUT2D eigenvalue weighted by atomic mass is 32.1. The molecular weight excluding hydrogens is 252 g/mol. The first kappa shape index (κ1) is 12.8. The monoisotopic (exact) mass is 266 g/mol. The van der Waals surface area contributed by atoms with E-state index >= 15 is 0 Å². The number of nitrogens with one attached hydrogen (secondary N) is 1. The van der Waals surface area contributed by atoms with Gasteiger partial charge in [-0.25, -0.2) is 4.79 Å². The van der Waals surface area contributed by atoms with Gasteiger partial charge in [-0.2, -0.15) is 12.6 Å². The maximum Gasteiger partial charge on any atom is 0.419 e. The zero-order valence-corrected chi connectivity index (χ0v) is 10.9. The number of thiol groups is 1. The van der Waals surface area contributed by atoms with Gasteiger partial charge in [-0.3, -0.25) is 9.36 Å². The van der Waals surface area contributed by atoms with Crippen LogP contribution in [-0.4, -0.2) is 16.2 Å². The third-order valence-corrected chi connectivity index (χ3v) is 2.91. The molecule has 0 aliphatic heterocycles. The lowest BCUT2D eigenvalue weighted by atomic mass is 10.2. The zero-order chi connectivity index (χ0) is 13.1. The van der Waals surface area contributed by atoms with Gasteiger partial charge in [0.1, 0.15) is 0 Å². The van der Waals surface area contributed by atoms with E-state index in [2.05, 4.69) is 17.9 Å². The lowest BCUT2D eigenvalue weighted by Crippen LogP contribution is -2.22. The number of amides is 1. The molecule has 0 aliphatic carbocycles. The topological polar surface area (TPSA) is 64.2 Å². The van der Waals surface area contributed by atoms with Crippen LogP contribution in [0, 0.1) is 0 Å². The summed E-state index contributed by atoms with van der Waals surface area (Å²) in [5.41, 5.74) is 2.17. The number of aromatic nitrogens is 1. The van der Waals surface area contributed by atoms with Crippen LogP contribution in [0.15, 0.2) is 27.4 Å². The lowest BCUT2D eigenvalue weighted by molar-refractivity contribution is -0.120. The SMILES string of the molecule is Cn1c(=O)oc2cc(CNC(=O)CCS)ccc21. The van der Waals surface area contributed by atoms with Crippen molar-refractivity contribution in [3.05, 3.63) is 34.3 Å². The molecule has 1 N–H and O–H groups in total. The molecule has 0 radical (unpaired) electrons. The molecule has 2 aromatic rings. The van der Waals surface area contributed by atoms with Crippen LogP contribution in [0.1, 0.15) is 12.0 Å². The normalized spacial score (nSPS) is 10.8. The summed E-state index contributed by atoms with van der Waals surface area (Å²) < 4.78 is 6.52. The van der Waals surface area contributed by atoms with Crippen molar-refractivity contribution >= 4 is 29.6 Å². The fraction of sp³-hybridized carbons (Fsp3) is 0.333. The minimum absolute atomic E-state index is 0.0420. The standard InChI is InChI=1S/C12H14N2O3S/c1-14-9-3-2-8(6-10(9)17-12(14)16)7-13-11(15)4-5-18/h2-3,6,18H,4-5,7H2,1H3,(H,13,15). The highest BCUT2D eigenvalue weighted by molar-refractivity contribution is 7.80. The summed E-state index contributed by atoms with van der Waals surface area (Å²) in [5, 5.41) is 2.77. The van der Waals surface area contributed by atoms with Crippen LogP contribution in [0.4, 0.5) is 0 Å². The van der Waals surface area contributed by atoms with E-state index in [1.165, 1.54) is 4.57 Å². The van der Waals surface area contributed by atoms with E-state index in [1.807, 2.05) is 6.07 Å². The molecule has 0 unspecified atom stereocenters. The van der Waals surface area contributed by atoms with Crippen molar-refractivity contribution in [1.29, 1.82) is 0 Å². The van der Waals surface area contributed by atoms with Crippen molar-refractivity contribution in [3.63, 3.8) is 0 Å². The molecule has 0 saturated heterocycles. The number of fused-ring (bicyclic) bond motifs is 1. The van der Waals surface area contributed by atoms with E-state index < -0.39 is 0 Å². The molecule has 0 fully saturated rings. The Morgan fingerprint density at radius 1 is 1.50 bits per heavy atom. The molecule has 1 heterocycles. The molecule has 0 aliphatic rings. The zero-order valence-electron chi connectivity index (χ0n) is 9.97. The predicted octanol–water partition coefficient (Wildman–Crippen LogP) is 1.07. The largest absolute Gasteiger partial charge is 0.419 e. The molecule has 0 spiro atoms. The fourth-order valence-corrected chi connectivity index (χ4v) is 1.88. The molecule has 96 valence electrons. The molecule has 0 bridgehead atoms. The van der Waals surface area contributed by atoms with Gasteiger partial charge in [0.05, 0.1) is 5.52 Å². The summed E-state index contributed by atoms with van der Waals surface area (Å²) in [7, 11) is 1.66. The van der Waals surface area contributed by atoms with Crippen LogP contribution in [0.25, 0.3) is 11.1 Å². The number of nitrogens with zero attached hydrogens (tertiary/aromatic N) is 1. The summed E-state index contributed by atoms with van der Waals surface area (Å²) in [6.07, 6.45) is 0.395. The van der Waals surface area contributed by atoms with Gasteiger partial charge >= 0.3 is 5.76 Å². The molecule has 6 heteroatoms. The highest BCUT2D eigenvalue weighted by Crippen LogP contribution is 2.14. The minimum Gasteiger partial charge on any atom is -0.408 e. The molecular formula is C12H14N2O3S. The molecule has 18 heavy (non-hydrogen) atoms. The Labute approximate surface area is 109 Å².